The molecular formula is C24H22F2N2O2. The molecule has 0 bridgehead atoms. The van der Waals surface area contributed by atoms with Crippen molar-refractivity contribution in [1.82, 2.24) is 9.88 Å². The molecule has 0 aliphatic carbocycles. The average Bonchev–Trinajstić information content (AvgIpc) is 2.75. The van der Waals surface area contributed by atoms with Crippen molar-refractivity contribution in [2.45, 2.75) is 26.2 Å². The van der Waals surface area contributed by atoms with Gasteiger partial charge in [-0.2, -0.15) is 0 Å². The Morgan fingerprint density at radius 1 is 1.13 bits per heavy atom. The molecule has 2 aromatic carbocycles. The lowest BCUT2D eigenvalue weighted by molar-refractivity contribution is -0.130. The van der Waals surface area contributed by atoms with Crippen molar-refractivity contribution in [3.63, 3.8) is 0 Å². The minimum Gasteiger partial charge on any atom is -0.339 e. The summed E-state index contributed by atoms with van der Waals surface area (Å²) in [5, 5.41) is 0.630. The van der Waals surface area contributed by atoms with Gasteiger partial charge < -0.3 is 9.88 Å². The first-order chi connectivity index (χ1) is 14.4. The number of nitrogens with zero attached hydrogens (tertiary/aromatic N) is 1. The zero-order valence-corrected chi connectivity index (χ0v) is 16.7. The molecule has 4 rings (SSSR count). The van der Waals surface area contributed by atoms with Crippen LogP contribution in [-0.2, 0) is 11.2 Å². The molecule has 30 heavy (non-hydrogen) atoms. The molecule has 1 amide bonds. The van der Waals surface area contributed by atoms with Crippen molar-refractivity contribution < 1.29 is 13.6 Å². The van der Waals surface area contributed by atoms with Gasteiger partial charge in [-0.25, -0.2) is 8.78 Å². The zero-order chi connectivity index (χ0) is 21.3. The van der Waals surface area contributed by atoms with Crippen LogP contribution in [0.5, 0.6) is 0 Å². The highest BCUT2D eigenvalue weighted by molar-refractivity contribution is 5.85. The Labute approximate surface area is 172 Å². The van der Waals surface area contributed by atoms with E-state index in [9.17, 15) is 18.4 Å². The molecule has 0 spiro atoms. The second-order valence-corrected chi connectivity index (χ2v) is 7.60. The molecule has 1 N–H and O–H groups in total. The fourth-order valence-corrected chi connectivity index (χ4v) is 3.89. The number of carbonyl (C=O) groups is 1. The van der Waals surface area contributed by atoms with Gasteiger partial charge in [-0.15, -0.1) is 0 Å². The highest BCUT2D eigenvalue weighted by atomic mass is 19.1. The molecule has 6 heteroatoms. The van der Waals surface area contributed by atoms with Crippen molar-refractivity contribution in [2.24, 2.45) is 0 Å². The van der Waals surface area contributed by atoms with Gasteiger partial charge in [-0.1, -0.05) is 24.3 Å². The van der Waals surface area contributed by atoms with Gasteiger partial charge in [0.25, 0.3) is 5.56 Å². The average molecular weight is 408 g/mol. The van der Waals surface area contributed by atoms with Gasteiger partial charge >= 0.3 is 0 Å². The van der Waals surface area contributed by atoms with Crippen molar-refractivity contribution in [3.05, 3.63) is 87.3 Å². The van der Waals surface area contributed by atoms with Crippen LogP contribution in [0.2, 0.25) is 0 Å². The summed E-state index contributed by atoms with van der Waals surface area (Å²) in [4.78, 5) is 29.4. The Balaban J connectivity index is 1.42. The summed E-state index contributed by atoms with van der Waals surface area (Å²) in [7, 11) is 0. The van der Waals surface area contributed by atoms with E-state index in [2.05, 4.69) is 4.98 Å². The number of rotatable bonds is 4. The first-order valence-electron chi connectivity index (χ1n) is 9.96. The van der Waals surface area contributed by atoms with Crippen LogP contribution in [-0.4, -0.2) is 28.9 Å². The van der Waals surface area contributed by atoms with E-state index in [4.69, 9.17) is 0 Å². The molecule has 1 aliphatic rings. The number of nitrogens with one attached hydrogen (secondary N) is 1. The lowest BCUT2D eigenvalue weighted by Crippen LogP contribution is -2.34. The quantitative estimate of drug-likeness (QED) is 0.697. The maximum atomic E-state index is 14.0. The van der Waals surface area contributed by atoms with Crippen LogP contribution >= 0.6 is 0 Å². The second-order valence-electron chi connectivity index (χ2n) is 7.60. The largest absolute Gasteiger partial charge is 0.339 e. The molecule has 154 valence electrons. The third-order valence-electron chi connectivity index (χ3n) is 5.62. The number of halogens is 2. The fraction of sp³-hybridized carbons (Fsp3) is 0.250. The molecule has 0 radical (unpaired) electrons. The van der Waals surface area contributed by atoms with E-state index in [1.54, 1.807) is 29.2 Å². The number of amides is 1. The summed E-state index contributed by atoms with van der Waals surface area (Å²) in [5.74, 6) is -0.811. The van der Waals surface area contributed by atoms with Crippen LogP contribution in [0.15, 0.2) is 53.3 Å². The summed E-state index contributed by atoms with van der Waals surface area (Å²) in [6, 6.07) is 11.1. The topological polar surface area (TPSA) is 53.2 Å². The monoisotopic (exact) mass is 408 g/mol. The number of carbonyl (C=O) groups excluding carboxylic acids is 1. The maximum absolute atomic E-state index is 14.0. The lowest BCUT2D eigenvalue weighted by atomic mass is 9.99. The molecule has 2 heterocycles. The summed E-state index contributed by atoms with van der Waals surface area (Å²) in [6.45, 7) is 2.93. The van der Waals surface area contributed by atoms with E-state index < -0.39 is 11.4 Å². The van der Waals surface area contributed by atoms with E-state index in [1.807, 2.05) is 13.0 Å². The predicted molar refractivity (Wildman–Crippen MR) is 113 cm³/mol. The van der Waals surface area contributed by atoms with E-state index in [0.29, 0.717) is 37.0 Å². The summed E-state index contributed by atoms with van der Waals surface area (Å²) in [5.41, 5.74) is 3.05. The highest BCUT2D eigenvalue weighted by Crippen LogP contribution is 2.23. The third kappa shape index (κ3) is 4.03. The number of fused-ring (bicyclic) bond motifs is 1. The number of aromatic nitrogens is 1. The highest BCUT2D eigenvalue weighted by Gasteiger charge is 2.18. The van der Waals surface area contributed by atoms with Crippen LogP contribution in [0.1, 0.15) is 29.7 Å². The minimum absolute atomic E-state index is 0.00122. The van der Waals surface area contributed by atoms with Gasteiger partial charge in [0.1, 0.15) is 11.6 Å². The number of hydrogen-bond acceptors (Lipinski definition) is 2. The first kappa shape index (κ1) is 20.0. The van der Waals surface area contributed by atoms with Gasteiger partial charge in [0, 0.05) is 25.2 Å². The van der Waals surface area contributed by atoms with Crippen LogP contribution in [0.3, 0.4) is 0 Å². The number of pyridine rings is 1. The lowest BCUT2D eigenvalue weighted by Gasteiger charge is -2.27. The Kier molecular flexibility index (Phi) is 5.48. The predicted octanol–water partition coefficient (Wildman–Crippen LogP) is 4.36. The molecule has 0 atom stereocenters. The molecule has 0 unspecified atom stereocenters. The van der Waals surface area contributed by atoms with Crippen molar-refractivity contribution in [3.8, 4) is 0 Å². The van der Waals surface area contributed by atoms with Crippen LogP contribution in [0, 0.1) is 18.6 Å². The van der Waals surface area contributed by atoms with Crippen molar-refractivity contribution >= 4 is 22.3 Å². The molecular weight excluding hydrogens is 386 g/mol. The normalized spacial score (nSPS) is 14.1. The van der Waals surface area contributed by atoms with Gasteiger partial charge in [-0.05, 0) is 66.1 Å². The maximum Gasteiger partial charge on any atom is 0.259 e. The molecule has 1 aromatic heterocycles. The standard InChI is InChI=1S/C24H22F2N2O2/c1-15-2-8-21(26)23-20(15)14-19(27-24(23)30)7-9-22(29)28-12-10-17(11-13-28)16-3-5-18(25)6-4-16/h2-6,8,10,14H,7,9,11-13H2,1H3,(H,27,30). The number of H-pyrrole nitrogens is 1. The number of aryl methyl sites for hydroxylation is 2. The van der Waals surface area contributed by atoms with Gasteiger partial charge in [0.15, 0.2) is 0 Å². The minimum atomic E-state index is -0.545. The zero-order valence-electron chi connectivity index (χ0n) is 16.7. The molecule has 0 fully saturated rings. The summed E-state index contributed by atoms with van der Waals surface area (Å²) < 4.78 is 27.1. The number of aromatic amines is 1. The van der Waals surface area contributed by atoms with Crippen LogP contribution in [0.25, 0.3) is 16.3 Å². The van der Waals surface area contributed by atoms with Gasteiger partial charge in [0.05, 0.1) is 5.39 Å². The first-order valence-corrected chi connectivity index (χ1v) is 9.96. The Bertz CT molecular complexity index is 1200. The third-order valence-corrected chi connectivity index (χ3v) is 5.62. The van der Waals surface area contributed by atoms with E-state index >= 15 is 0 Å². The van der Waals surface area contributed by atoms with Crippen LogP contribution < -0.4 is 5.56 Å². The molecule has 0 saturated carbocycles. The van der Waals surface area contributed by atoms with E-state index in [-0.39, 0.29) is 23.5 Å². The van der Waals surface area contributed by atoms with E-state index in [1.165, 1.54) is 18.2 Å². The Morgan fingerprint density at radius 2 is 1.90 bits per heavy atom. The number of benzene rings is 2. The van der Waals surface area contributed by atoms with Crippen molar-refractivity contribution in [1.29, 1.82) is 0 Å². The SMILES string of the molecule is Cc1ccc(F)c2c(=O)[nH]c(CCC(=O)N3CC=C(c4ccc(F)cc4)CC3)cc12. The summed E-state index contributed by atoms with van der Waals surface area (Å²) >= 11 is 0. The molecule has 4 nitrogen and oxygen atoms in total. The Morgan fingerprint density at radius 3 is 2.60 bits per heavy atom. The molecule has 3 aromatic rings. The van der Waals surface area contributed by atoms with E-state index in [0.717, 1.165) is 16.7 Å². The smallest absolute Gasteiger partial charge is 0.259 e. The van der Waals surface area contributed by atoms with Crippen LogP contribution in [0.4, 0.5) is 8.78 Å². The summed E-state index contributed by atoms with van der Waals surface area (Å²) in [6.07, 6.45) is 3.35. The Hall–Kier alpha value is -3.28. The molecule has 1 aliphatic heterocycles. The number of hydrogen-bond donors (Lipinski definition) is 1. The molecule has 0 saturated heterocycles. The fourth-order valence-electron chi connectivity index (χ4n) is 3.89. The second kappa shape index (κ2) is 8.22. The van der Waals surface area contributed by atoms with Crippen molar-refractivity contribution in [2.75, 3.05) is 13.1 Å². The van der Waals surface area contributed by atoms with Gasteiger partial charge in [-0.3, -0.25) is 9.59 Å². The van der Waals surface area contributed by atoms with Gasteiger partial charge in [0.2, 0.25) is 5.91 Å².